The molecule has 0 atom stereocenters. The van der Waals surface area contributed by atoms with Gasteiger partial charge >= 0.3 is 6.03 Å². The SMILES string of the molecule is O=C(NCCC1CCN(C(=O)Nc2cccc(Cl)c2)CC1)c1ccccc1F. The van der Waals surface area contributed by atoms with Gasteiger partial charge in [0.1, 0.15) is 5.82 Å². The number of carbonyl (C=O) groups is 2. The van der Waals surface area contributed by atoms with Crippen LogP contribution in [0.1, 0.15) is 29.6 Å². The van der Waals surface area contributed by atoms with Crippen molar-refractivity contribution in [3.05, 3.63) is 64.9 Å². The Bertz CT molecular complexity index is 838. The number of likely N-dealkylation sites (tertiary alicyclic amines) is 1. The molecule has 1 heterocycles. The molecule has 2 aromatic rings. The fourth-order valence-electron chi connectivity index (χ4n) is 3.32. The zero-order valence-electron chi connectivity index (χ0n) is 15.5. The van der Waals surface area contributed by atoms with E-state index in [9.17, 15) is 14.0 Å². The summed E-state index contributed by atoms with van der Waals surface area (Å²) in [6, 6.07) is 12.9. The van der Waals surface area contributed by atoms with Crippen LogP contribution >= 0.6 is 11.6 Å². The Morgan fingerprint density at radius 2 is 1.86 bits per heavy atom. The van der Waals surface area contributed by atoms with Crippen molar-refractivity contribution in [1.29, 1.82) is 0 Å². The Morgan fingerprint density at radius 1 is 1.11 bits per heavy atom. The highest BCUT2D eigenvalue weighted by Crippen LogP contribution is 2.21. The summed E-state index contributed by atoms with van der Waals surface area (Å²) in [5.41, 5.74) is 0.741. The van der Waals surface area contributed by atoms with Crippen LogP contribution in [0.3, 0.4) is 0 Å². The van der Waals surface area contributed by atoms with Crippen molar-refractivity contribution in [1.82, 2.24) is 10.2 Å². The molecule has 28 heavy (non-hydrogen) atoms. The van der Waals surface area contributed by atoms with E-state index in [4.69, 9.17) is 11.6 Å². The maximum atomic E-state index is 13.6. The lowest BCUT2D eigenvalue weighted by Gasteiger charge is -2.32. The van der Waals surface area contributed by atoms with E-state index in [0.717, 1.165) is 19.3 Å². The number of hydrogen-bond donors (Lipinski definition) is 2. The van der Waals surface area contributed by atoms with Crippen molar-refractivity contribution in [2.24, 2.45) is 5.92 Å². The molecular formula is C21H23ClFN3O2. The fourth-order valence-corrected chi connectivity index (χ4v) is 3.51. The number of urea groups is 1. The second kappa shape index (κ2) is 9.55. The molecule has 0 spiro atoms. The molecule has 7 heteroatoms. The Hall–Kier alpha value is -2.60. The molecular weight excluding hydrogens is 381 g/mol. The number of anilines is 1. The maximum Gasteiger partial charge on any atom is 0.321 e. The third-order valence-electron chi connectivity index (χ3n) is 4.93. The van der Waals surface area contributed by atoms with Crippen LogP contribution < -0.4 is 10.6 Å². The number of piperidine rings is 1. The van der Waals surface area contributed by atoms with E-state index in [1.165, 1.54) is 12.1 Å². The predicted molar refractivity (Wildman–Crippen MR) is 108 cm³/mol. The van der Waals surface area contributed by atoms with Crippen LogP contribution in [-0.2, 0) is 0 Å². The average molecular weight is 404 g/mol. The number of carbonyl (C=O) groups excluding carboxylic acids is 2. The van der Waals surface area contributed by atoms with E-state index >= 15 is 0 Å². The normalized spacial score (nSPS) is 14.6. The molecule has 3 rings (SSSR count). The molecule has 2 aromatic carbocycles. The molecule has 0 aliphatic carbocycles. The van der Waals surface area contributed by atoms with Gasteiger partial charge in [-0.1, -0.05) is 29.8 Å². The number of amides is 3. The third-order valence-corrected chi connectivity index (χ3v) is 5.17. The number of nitrogens with zero attached hydrogens (tertiary/aromatic N) is 1. The van der Waals surface area contributed by atoms with Crippen LogP contribution in [0, 0.1) is 11.7 Å². The zero-order chi connectivity index (χ0) is 19.9. The Kier molecular flexibility index (Phi) is 6.87. The van der Waals surface area contributed by atoms with Gasteiger partial charge in [0.05, 0.1) is 5.56 Å². The van der Waals surface area contributed by atoms with Crippen LogP contribution in [0.15, 0.2) is 48.5 Å². The molecule has 3 amide bonds. The smallest absolute Gasteiger partial charge is 0.321 e. The molecule has 0 unspecified atom stereocenters. The van der Waals surface area contributed by atoms with Crippen molar-refractivity contribution < 1.29 is 14.0 Å². The van der Waals surface area contributed by atoms with Crippen molar-refractivity contribution in [2.75, 3.05) is 25.0 Å². The van der Waals surface area contributed by atoms with Crippen LogP contribution in [0.4, 0.5) is 14.9 Å². The minimum atomic E-state index is -0.515. The van der Waals surface area contributed by atoms with Crippen LogP contribution in [-0.4, -0.2) is 36.5 Å². The van der Waals surface area contributed by atoms with Gasteiger partial charge in [-0.25, -0.2) is 9.18 Å². The van der Waals surface area contributed by atoms with Gasteiger partial charge in [-0.05, 0) is 55.5 Å². The first-order valence-electron chi connectivity index (χ1n) is 9.37. The van der Waals surface area contributed by atoms with Gasteiger partial charge < -0.3 is 15.5 Å². The monoisotopic (exact) mass is 403 g/mol. The molecule has 0 radical (unpaired) electrons. The third kappa shape index (κ3) is 5.45. The summed E-state index contributed by atoms with van der Waals surface area (Å²) in [6.45, 7) is 1.82. The summed E-state index contributed by atoms with van der Waals surface area (Å²) in [5.74, 6) is -0.480. The Labute approximate surface area is 168 Å². The summed E-state index contributed by atoms with van der Waals surface area (Å²) in [6.07, 6.45) is 2.56. The second-order valence-corrected chi connectivity index (χ2v) is 7.33. The number of nitrogens with one attached hydrogen (secondary N) is 2. The summed E-state index contributed by atoms with van der Waals surface area (Å²) in [7, 11) is 0. The first-order valence-corrected chi connectivity index (χ1v) is 9.75. The molecule has 5 nitrogen and oxygen atoms in total. The van der Waals surface area contributed by atoms with E-state index in [1.54, 1.807) is 41.3 Å². The van der Waals surface area contributed by atoms with Crippen molar-refractivity contribution in [2.45, 2.75) is 19.3 Å². The van der Waals surface area contributed by atoms with E-state index in [2.05, 4.69) is 10.6 Å². The van der Waals surface area contributed by atoms with Crippen LogP contribution in [0.25, 0.3) is 0 Å². The zero-order valence-corrected chi connectivity index (χ0v) is 16.2. The van der Waals surface area contributed by atoms with E-state index in [0.29, 0.717) is 36.3 Å². The van der Waals surface area contributed by atoms with Gasteiger partial charge in [-0.2, -0.15) is 0 Å². The second-order valence-electron chi connectivity index (χ2n) is 6.90. The summed E-state index contributed by atoms with van der Waals surface area (Å²) >= 11 is 5.94. The topological polar surface area (TPSA) is 61.4 Å². The highest BCUT2D eigenvalue weighted by Gasteiger charge is 2.23. The summed E-state index contributed by atoms with van der Waals surface area (Å²) in [4.78, 5) is 26.2. The Balaban J connectivity index is 1.39. The molecule has 0 bridgehead atoms. The summed E-state index contributed by atoms with van der Waals surface area (Å²) < 4.78 is 13.6. The van der Waals surface area contributed by atoms with E-state index in [-0.39, 0.29) is 11.6 Å². The maximum absolute atomic E-state index is 13.6. The van der Waals surface area contributed by atoms with Gasteiger partial charge in [0.2, 0.25) is 0 Å². The Morgan fingerprint density at radius 3 is 2.57 bits per heavy atom. The molecule has 1 aliphatic heterocycles. The van der Waals surface area contributed by atoms with Crippen LogP contribution in [0.5, 0.6) is 0 Å². The molecule has 2 N–H and O–H groups in total. The van der Waals surface area contributed by atoms with Gasteiger partial charge in [-0.3, -0.25) is 4.79 Å². The summed E-state index contributed by atoms with van der Waals surface area (Å²) in [5, 5.41) is 6.21. The highest BCUT2D eigenvalue weighted by atomic mass is 35.5. The average Bonchev–Trinajstić information content (AvgIpc) is 2.69. The molecule has 1 fully saturated rings. The molecule has 0 aromatic heterocycles. The minimum absolute atomic E-state index is 0.0648. The first kappa shape index (κ1) is 20.1. The van der Waals surface area contributed by atoms with Crippen LogP contribution in [0.2, 0.25) is 5.02 Å². The highest BCUT2D eigenvalue weighted by molar-refractivity contribution is 6.30. The van der Waals surface area contributed by atoms with E-state index in [1.807, 2.05) is 0 Å². The van der Waals surface area contributed by atoms with Crippen molar-refractivity contribution in [3.63, 3.8) is 0 Å². The number of rotatable bonds is 5. The van der Waals surface area contributed by atoms with Crippen molar-refractivity contribution >= 4 is 29.2 Å². The molecule has 1 aliphatic rings. The molecule has 1 saturated heterocycles. The first-order chi connectivity index (χ1) is 13.5. The predicted octanol–water partition coefficient (Wildman–Crippen LogP) is 4.54. The number of benzene rings is 2. The van der Waals surface area contributed by atoms with Gasteiger partial charge in [0, 0.05) is 30.3 Å². The number of halogens is 2. The fraction of sp³-hybridized carbons (Fsp3) is 0.333. The van der Waals surface area contributed by atoms with Crippen molar-refractivity contribution in [3.8, 4) is 0 Å². The molecule has 148 valence electrons. The minimum Gasteiger partial charge on any atom is -0.352 e. The quantitative estimate of drug-likeness (QED) is 0.769. The molecule has 0 saturated carbocycles. The van der Waals surface area contributed by atoms with E-state index < -0.39 is 11.7 Å². The van der Waals surface area contributed by atoms with Gasteiger partial charge in [-0.15, -0.1) is 0 Å². The lowest BCUT2D eigenvalue weighted by Crippen LogP contribution is -2.41. The number of hydrogen-bond acceptors (Lipinski definition) is 2. The lowest BCUT2D eigenvalue weighted by molar-refractivity contribution is 0.0945. The lowest BCUT2D eigenvalue weighted by atomic mass is 9.93. The standard InChI is InChI=1S/C21H23ClFN3O2/c22-16-4-3-5-17(14-16)25-21(28)26-12-9-15(10-13-26)8-11-24-20(27)18-6-1-2-7-19(18)23/h1-7,14-15H,8-13H2,(H,24,27)(H,25,28). The van der Waals surface area contributed by atoms with Gasteiger partial charge in [0.15, 0.2) is 0 Å². The largest absolute Gasteiger partial charge is 0.352 e. The van der Waals surface area contributed by atoms with Gasteiger partial charge in [0.25, 0.3) is 5.91 Å².